The van der Waals surface area contributed by atoms with Crippen molar-refractivity contribution in [3.05, 3.63) is 29.6 Å². The molecule has 4 nitrogen and oxygen atoms in total. The van der Waals surface area contributed by atoms with E-state index in [1.165, 1.54) is 18.4 Å². The largest absolute Gasteiger partial charge is 0.337 e. The van der Waals surface area contributed by atoms with E-state index in [0.717, 1.165) is 50.9 Å². The highest BCUT2D eigenvalue weighted by molar-refractivity contribution is 5.92. The van der Waals surface area contributed by atoms with Gasteiger partial charge in [0.2, 0.25) is 0 Å². The van der Waals surface area contributed by atoms with Gasteiger partial charge in [-0.3, -0.25) is 9.78 Å². The predicted octanol–water partition coefficient (Wildman–Crippen LogP) is 2.87. The monoisotopic (exact) mass is 357 g/mol. The van der Waals surface area contributed by atoms with Crippen molar-refractivity contribution in [3.8, 4) is 0 Å². The van der Waals surface area contributed by atoms with E-state index < -0.39 is 0 Å². The summed E-state index contributed by atoms with van der Waals surface area (Å²) in [7, 11) is 0. The molecule has 3 heterocycles. The minimum absolute atomic E-state index is 0. The first kappa shape index (κ1) is 18.5. The molecule has 0 spiro atoms. The van der Waals surface area contributed by atoms with E-state index in [4.69, 9.17) is 0 Å². The first-order valence-corrected chi connectivity index (χ1v) is 8.27. The lowest BCUT2D eigenvalue weighted by Gasteiger charge is -2.20. The maximum absolute atomic E-state index is 12.6. The van der Waals surface area contributed by atoms with Gasteiger partial charge in [-0.05, 0) is 68.2 Å². The van der Waals surface area contributed by atoms with Crippen molar-refractivity contribution >= 4 is 30.7 Å². The fraction of sp³-hybridized carbons (Fsp3) is 0.647. The number of pyridine rings is 1. The zero-order chi connectivity index (χ0) is 14.2. The van der Waals surface area contributed by atoms with Crippen molar-refractivity contribution in [2.24, 2.45) is 11.8 Å². The van der Waals surface area contributed by atoms with E-state index >= 15 is 0 Å². The van der Waals surface area contributed by atoms with Crippen molar-refractivity contribution in [3.63, 3.8) is 0 Å². The Bertz CT molecular complexity index is 519. The van der Waals surface area contributed by atoms with Crippen molar-refractivity contribution in [1.29, 1.82) is 0 Å². The standard InChI is InChI=1S/C17H23N3O.2ClH/c21-17(16-4-3-13(11-19-16)12-1-2-12)20-7-5-14-9-18-10-15(14)6-8-20;;/h3-4,11-12,14-15,18H,1-2,5-10H2;2*1H/t14-,15+;;. The average molecular weight is 358 g/mol. The van der Waals surface area contributed by atoms with Crippen molar-refractivity contribution in [2.75, 3.05) is 26.2 Å². The van der Waals surface area contributed by atoms with Gasteiger partial charge in [-0.25, -0.2) is 0 Å². The minimum atomic E-state index is 0. The van der Waals surface area contributed by atoms with Gasteiger partial charge in [-0.1, -0.05) is 6.07 Å². The predicted molar refractivity (Wildman–Crippen MR) is 95.7 cm³/mol. The Morgan fingerprint density at radius 3 is 2.22 bits per heavy atom. The Morgan fingerprint density at radius 2 is 1.70 bits per heavy atom. The van der Waals surface area contributed by atoms with Crippen LogP contribution in [-0.4, -0.2) is 42.0 Å². The average Bonchev–Trinajstić information content (AvgIpc) is 3.31. The zero-order valence-electron chi connectivity index (χ0n) is 13.2. The van der Waals surface area contributed by atoms with E-state index in [1.807, 2.05) is 17.2 Å². The highest BCUT2D eigenvalue weighted by atomic mass is 35.5. The molecule has 1 saturated carbocycles. The Morgan fingerprint density at radius 1 is 1.04 bits per heavy atom. The molecule has 4 rings (SSSR count). The van der Waals surface area contributed by atoms with Crippen molar-refractivity contribution in [2.45, 2.75) is 31.6 Å². The second-order valence-corrected chi connectivity index (χ2v) is 6.80. The third-order valence-electron chi connectivity index (χ3n) is 5.36. The van der Waals surface area contributed by atoms with Crippen LogP contribution in [0.15, 0.2) is 18.3 Å². The first-order chi connectivity index (χ1) is 10.3. The van der Waals surface area contributed by atoms with Crippen LogP contribution in [0.25, 0.3) is 0 Å². The molecule has 128 valence electrons. The smallest absolute Gasteiger partial charge is 0.272 e. The Balaban J connectivity index is 0.000000960. The van der Waals surface area contributed by atoms with Crippen LogP contribution in [0.4, 0.5) is 0 Å². The number of hydrogen-bond acceptors (Lipinski definition) is 3. The van der Waals surface area contributed by atoms with Crippen LogP contribution in [0.2, 0.25) is 0 Å². The quantitative estimate of drug-likeness (QED) is 0.884. The molecule has 1 N–H and O–H groups in total. The molecule has 3 fully saturated rings. The fourth-order valence-corrected chi connectivity index (χ4v) is 3.77. The van der Waals surface area contributed by atoms with Gasteiger partial charge in [-0.2, -0.15) is 0 Å². The molecular weight excluding hydrogens is 333 g/mol. The molecule has 0 unspecified atom stereocenters. The van der Waals surface area contributed by atoms with E-state index in [2.05, 4.69) is 16.4 Å². The first-order valence-electron chi connectivity index (χ1n) is 8.27. The Hall–Kier alpha value is -0.840. The van der Waals surface area contributed by atoms with Gasteiger partial charge in [0.15, 0.2) is 0 Å². The molecule has 23 heavy (non-hydrogen) atoms. The van der Waals surface area contributed by atoms with Crippen LogP contribution >= 0.6 is 24.8 Å². The van der Waals surface area contributed by atoms with Crippen LogP contribution < -0.4 is 5.32 Å². The van der Waals surface area contributed by atoms with Gasteiger partial charge in [0.05, 0.1) is 0 Å². The van der Waals surface area contributed by atoms with Crippen LogP contribution in [-0.2, 0) is 0 Å². The van der Waals surface area contributed by atoms with E-state index in [1.54, 1.807) is 0 Å². The summed E-state index contributed by atoms with van der Waals surface area (Å²) in [4.78, 5) is 19.0. The molecule has 3 aliphatic rings. The molecule has 6 heteroatoms. The number of hydrogen-bond donors (Lipinski definition) is 1. The van der Waals surface area contributed by atoms with Gasteiger partial charge < -0.3 is 10.2 Å². The molecule has 0 aromatic carbocycles. The summed E-state index contributed by atoms with van der Waals surface area (Å²) >= 11 is 0. The van der Waals surface area contributed by atoms with Gasteiger partial charge in [0.25, 0.3) is 5.91 Å². The summed E-state index contributed by atoms with van der Waals surface area (Å²) < 4.78 is 0. The molecule has 1 aromatic rings. The van der Waals surface area contributed by atoms with Gasteiger partial charge in [0.1, 0.15) is 5.69 Å². The molecule has 2 atom stereocenters. The molecule has 1 aliphatic carbocycles. The summed E-state index contributed by atoms with van der Waals surface area (Å²) in [6.07, 6.45) is 6.71. The zero-order valence-corrected chi connectivity index (χ0v) is 14.9. The number of amides is 1. The third kappa shape index (κ3) is 3.98. The molecule has 0 radical (unpaired) electrons. The lowest BCUT2D eigenvalue weighted by Crippen LogP contribution is -2.33. The number of fused-ring (bicyclic) bond motifs is 1. The van der Waals surface area contributed by atoms with Gasteiger partial charge in [-0.15, -0.1) is 24.8 Å². The van der Waals surface area contributed by atoms with E-state index in [-0.39, 0.29) is 30.7 Å². The normalized spacial score (nSPS) is 26.5. The number of nitrogens with zero attached hydrogens (tertiary/aromatic N) is 2. The van der Waals surface area contributed by atoms with E-state index in [9.17, 15) is 4.79 Å². The van der Waals surface area contributed by atoms with E-state index in [0.29, 0.717) is 11.6 Å². The third-order valence-corrected chi connectivity index (χ3v) is 5.36. The number of rotatable bonds is 2. The lowest BCUT2D eigenvalue weighted by atomic mass is 9.92. The number of carbonyl (C=O) groups excluding carboxylic acids is 1. The van der Waals surface area contributed by atoms with Crippen LogP contribution in [0.1, 0.15) is 47.7 Å². The molecule has 1 aromatic heterocycles. The minimum Gasteiger partial charge on any atom is -0.337 e. The maximum Gasteiger partial charge on any atom is 0.272 e. The second-order valence-electron chi connectivity index (χ2n) is 6.80. The number of aromatic nitrogens is 1. The highest BCUT2D eigenvalue weighted by Gasteiger charge is 2.32. The lowest BCUT2D eigenvalue weighted by molar-refractivity contribution is 0.0752. The topological polar surface area (TPSA) is 45.2 Å². The molecular formula is C17H25Cl2N3O. The molecule has 2 saturated heterocycles. The number of carbonyl (C=O) groups is 1. The summed E-state index contributed by atoms with van der Waals surface area (Å²) in [6, 6.07) is 4.01. The number of likely N-dealkylation sites (tertiary alicyclic amines) is 1. The fourth-order valence-electron chi connectivity index (χ4n) is 3.77. The number of nitrogens with one attached hydrogen (secondary N) is 1. The summed E-state index contributed by atoms with van der Waals surface area (Å²) in [6.45, 7) is 4.02. The molecule has 1 amide bonds. The summed E-state index contributed by atoms with van der Waals surface area (Å²) in [5, 5.41) is 3.47. The molecule has 0 bridgehead atoms. The summed E-state index contributed by atoms with van der Waals surface area (Å²) in [5.74, 6) is 2.33. The SMILES string of the molecule is Cl.Cl.O=C(c1ccc(C2CC2)cn1)N1CC[C@@H]2CNC[C@@H]2CC1. The highest BCUT2D eigenvalue weighted by Crippen LogP contribution is 2.39. The van der Waals surface area contributed by atoms with Crippen LogP contribution in [0.5, 0.6) is 0 Å². The number of halogens is 2. The van der Waals surface area contributed by atoms with Gasteiger partial charge in [0, 0.05) is 19.3 Å². The second kappa shape index (κ2) is 7.82. The van der Waals surface area contributed by atoms with Gasteiger partial charge >= 0.3 is 0 Å². The maximum atomic E-state index is 12.6. The van der Waals surface area contributed by atoms with Crippen molar-refractivity contribution < 1.29 is 4.79 Å². The van der Waals surface area contributed by atoms with Crippen LogP contribution in [0.3, 0.4) is 0 Å². The Kier molecular flexibility index (Phi) is 6.29. The summed E-state index contributed by atoms with van der Waals surface area (Å²) in [5.41, 5.74) is 1.91. The van der Waals surface area contributed by atoms with Crippen molar-refractivity contribution in [1.82, 2.24) is 15.2 Å². The van der Waals surface area contributed by atoms with Crippen LogP contribution in [0, 0.1) is 11.8 Å². The molecule has 2 aliphatic heterocycles. The Labute approximate surface area is 150 Å².